The third-order valence-corrected chi connectivity index (χ3v) is 7.98. The molecule has 10 heteroatoms. The molecule has 0 radical (unpaired) electrons. The van der Waals surface area contributed by atoms with E-state index in [1.165, 1.54) is 21.0 Å². The Bertz CT molecular complexity index is 1100. The molecule has 2 saturated heterocycles. The van der Waals surface area contributed by atoms with Crippen molar-refractivity contribution in [3.05, 3.63) is 28.7 Å². The molecule has 0 saturated carbocycles. The van der Waals surface area contributed by atoms with Crippen LogP contribution in [0.4, 0.5) is 0 Å². The number of ether oxygens (including phenoxy) is 1. The van der Waals surface area contributed by atoms with E-state index < -0.39 is 15.8 Å². The minimum Gasteiger partial charge on any atom is -0.461 e. The van der Waals surface area contributed by atoms with Crippen LogP contribution in [0, 0.1) is 0 Å². The molecule has 2 aliphatic rings. The van der Waals surface area contributed by atoms with Gasteiger partial charge in [-0.05, 0) is 50.9 Å². The van der Waals surface area contributed by atoms with E-state index in [2.05, 4.69) is 11.8 Å². The minimum absolute atomic E-state index is 0.0466. The summed E-state index contributed by atoms with van der Waals surface area (Å²) in [6.07, 6.45) is 3.48. The second-order valence-electron chi connectivity index (χ2n) is 8.16. The quantitative estimate of drug-likeness (QED) is 0.592. The van der Waals surface area contributed by atoms with Crippen LogP contribution in [0.1, 0.15) is 39.0 Å². The van der Waals surface area contributed by atoms with Crippen molar-refractivity contribution in [2.45, 2.75) is 56.6 Å². The van der Waals surface area contributed by atoms with Crippen molar-refractivity contribution in [1.29, 1.82) is 0 Å². The van der Waals surface area contributed by atoms with E-state index >= 15 is 0 Å². The van der Waals surface area contributed by atoms with Crippen LogP contribution in [0.5, 0.6) is 0 Å². The maximum atomic E-state index is 12.8. The number of rotatable bonds is 7. The van der Waals surface area contributed by atoms with E-state index in [1.807, 2.05) is 0 Å². The number of aryl methyl sites for hydroxylation is 1. The molecule has 1 atom stereocenters. The Morgan fingerprint density at radius 2 is 1.97 bits per heavy atom. The second-order valence-corrected chi connectivity index (χ2v) is 10.1. The fraction of sp³-hybridized carbons (Fsp3) is 0.619. The SMILES string of the molecule is CCN1CCCC(OC(=O)CCn2c(=O)oc3cc(S(=O)(=O)N4CCCC4)ccc32)C1. The molecule has 3 heterocycles. The van der Waals surface area contributed by atoms with Gasteiger partial charge in [0.1, 0.15) is 6.10 Å². The Morgan fingerprint density at radius 3 is 2.71 bits per heavy atom. The van der Waals surface area contributed by atoms with Gasteiger partial charge in [0.2, 0.25) is 10.0 Å². The van der Waals surface area contributed by atoms with Crippen molar-refractivity contribution in [1.82, 2.24) is 13.8 Å². The summed E-state index contributed by atoms with van der Waals surface area (Å²) in [4.78, 5) is 27.0. The molecular formula is C21H29N3O6S. The predicted molar refractivity (Wildman–Crippen MR) is 114 cm³/mol. The first-order valence-corrected chi connectivity index (χ1v) is 12.4. The highest BCUT2D eigenvalue weighted by Crippen LogP contribution is 2.24. The topological polar surface area (TPSA) is 102 Å². The van der Waals surface area contributed by atoms with Gasteiger partial charge in [-0.3, -0.25) is 14.3 Å². The van der Waals surface area contributed by atoms with Gasteiger partial charge in [0.25, 0.3) is 0 Å². The molecule has 4 rings (SSSR count). The molecule has 0 N–H and O–H groups in total. The van der Waals surface area contributed by atoms with Gasteiger partial charge in [0.05, 0.1) is 16.8 Å². The third kappa shape index (κ3) is 4.70. The molecule has 1 unspecified atom stereocenters. The Kier molecular flexibility index (Phi) is 6.49. The van der Waals surface area contributed by atoms with Gasteiger partial charge in [-0.1, -0.05) is 6.92 Å². The first kappa shape index (κ1) is 22.0. The molecule has 2 aliphatic heterocycles. The van der Waals surface area contributed by atoms with Crippen LogP contribution in [-0.2, 0) is 26.1 Å². The number of oxazole rings is 1. The number of hydrogen-bond acceptors (Lipinski definition) is 7. The lowest BCUT2D eigenvalue weighted by atomic mass is 10.1. The number of nitrogens with zero attached hydrogens (tertiary/aromatic N) is 3. The number of aromatic nitrogens is 1. The van der Waals surface area contributed by atoms with Crippen LogP contribution >= 0.6 is 0 Å². The molecule has 31 heavy (non-hydrogen) atoms. The highest BCUT2D eigenvalue weighted by Gasteiger charge is 2.28. The number of esters is 1. The maximum absolute atomic E-state index is 12.8. The highest BCUT2D eigenvalue weighted by molar-refractivity contribution is 7.89. The smallest absolute Gasteiger partial charge is 0.419 e. The van der Waals surface area contributed by atoms with Gasteiger partial charge in [0, 0.05) is 32.2 Å². The first-order chi connectivity index (χ1) is 14.9. The fourth-order valence-electron chi connectivity index (χ4n) is 4.34. The molecule has 0 spiro atoms. The Morgan fingerprint density at radius 1 is 1.19 bits per heavy atom. The summed E-state index contributed by atoms with van der Waals surface area (Å²) in [6, 6.07) is 4.44. The summed E-state index contributed by atoms with van der Waals surface area (Å²) < 4.78 is 39.2. The monoisotopic (exact) mass is 451 g/mol. The average molecular weight is 452 g/mol. The van der Waals surface area contributed by atoms with Gasteiger partial charge < -0.3 is 9.15 Å². The predicted octanol–water partition coefficient (Wildman–Crippen LogP) is 1.80. The van der Waals surface area contributed by atoms with Crippen LogP contribution in [0.3, 0.4) is 0 Å². The lowest BCUT2D eigenvalue weighted by Gasteiger charge is -2.31. The van der Waals surface area contributed by atoms with Gasteiger partial charge >= 0.3 is 11.7 Å². The van der Waals surface area contributed by atoms with Crippen LogP contribution in [0.25, 0.3) is 11.1 Å². The number of carbonyl (C=O) groups is 1. The van der Waals surface area contributed by atoms with Crippen molar-refractivity contribution >= 4 is 27.1 Å². The lowest BCUT2D eigenvalue weighted by Crippen LogP contribution is -2.40. The second kappa shape index (κ2) is 9.13. The number of piperidine rings is 1. The fourth-order valence-corrected chi connectivity index (χ4v) is 5.87. The molecule has 1 aromatic carbocycles. The molecule has 2 fully saturated rings. The van der Waals surface area contributed by atoms with Crippen molar-refractivity contribution in [3.8, 4) is 0 Å². The Balaban J connectivity index is 1.44. The van der Waals surface area contributed by atoms with Gasteiger partial charge in [-0.15, -0.1) is 0 Å². The first-order valence-electron chi connectivity index (χ1n) is 10.9. The van der Waals surface area contributed by atoms with Crippen molar-refractivity contribution in [2.75, 3.05) is 32.7 Å². The average Bonchev–Trinajstić information content (AvgIpc) is 3.40. The number of likely N-dealkylation sites (N-methyl/N-ethyl adjacent to an activating group) is 1. The number of hydrogen-bond donors (Lipinski definition) is 0. The number of benzene rings is 1. The zero-order chi connectivity index (χ0) is 22.0. The normalized spacial score (nSPS) is 21.0. The van der Waals surface area contributed by atoms with Crippen LogP contribution in [0.2, 0.25) is 0 Å². The molecule has 0 bridgehead atoms. The van der Waals surface area contributed by atoms with Gasteiger partial charge in [0.15, 0.2) is 5.58 Å². The van der Waals surface area contributed by atoms with E-state index in [1.54, 1.807) is 6.07 Å². The summed E-state index contributed by atoms with van der Waals surface area (Å²) >= 11 is 0. The zero-order valence-corrected chi connectivity index (χ0v) is 18.6. The summed E-state index contributed by atoms with van der Waals surface area (Å²) in [7, 11) is -3.60. The van der Waals surface area contributed by atoms with Crippen LogP contribution in [-0.4, -0.2) is 67.0 Å². The summed E-state index contributed by atoms with van der Waals surface area (Å²) in [5, 5.41) is 0. The summed E-state index contributed by atoms with van der Waals surface area (Å²) in [5.74, 6) is -0.967. The molecule has 0 aliphatic carbocycles. The number of likely N-dealkylation sites (tertiary alicyclic amines) is 1. The molecular weight excluding hydrogens is 422 g/mol. The summed E-state index contributed by atoms with van der Waals surface area (Å²) in [5.41, 5.74) is 0.664. The lowest BCUT2D eigenvalue weighted by molar-refractivity contribution is -0.151. The third-order valence-electron chi connectivity index (χ3n) is 6.09. The van der Waals surface area contributed by atoms with E-state index in [0.29, 0.717) is 18.6 Å². The minimum atomic E-state index is -3.60. The molecule has 1 aromatic heterocycles. The van der Waals surface area contributed by atoms with Crippen molar-refractivity contribution in [3.63, 3.8) is 0 Å². The van der Waals surface area contributed by atoms with Crippen LogP contribution in [0.15, 0.2) is 32.3 Å². The molecule has 9 nitrogen and oxygen atoms in total. The largest absolute Gasteiger partial charge is 0.461 e. The number of fused-ring (bicyclic) bond motifs is 1. The standard InChI is InChI=1S/C21H29N3O6S/c1-2-22-10-5-6-16(15-22)29-20(25)9-13-24-18-8-7-17(14-19(18)30-21(24)26)31(27,28)23-11-3-4-12-23/h7-8,14,16H,2-6,9-13,15H2,1H3. The number of sulfonamides is 1. The highest BCUT2D eigenvalue weighted by atomic mass is 32.2. The van der Waals surface area contributed by atoms with Crippen molar-refractivity contribution in [2.24, 2.45) is 0 Å². The maximum Gasteiger partial charge on any atom is 0.419 e. The van der Waals surface area contributed by atoms with Gasteiger partial charge in [-0.2, -0.15) is 4.31 Å². The zero-order valence-electron chi connectivity index (χ0n) is 17.8. The number of carbonyl (C=O) groups excluding carboxylic acids is 1. The van der Waals surface area contributed by atoms with Crippen molar-refractivity contribution < 1.29 is 22.4 Å². The van der Waals surface area contributed by atoms with E-state index in [-0.39, 0.29) is 35.5 Å². The van der Waals surface area contributed by atoms with E-state index in [9.17, 15) is 18.0 Å². The molecule has 170 valence electrons. The van der Waals surface area contributed by atoms with E-state index in [0.717, 1.165) is 45.3 Å². The Labute approximate surface area is 181 Å². The van der Waals surface area contributed by atoms with Crippen LogP contribution < -0.4 is 5.76 Å². The molecule has 0 amide bonds. The molecule has 2 aromatic rings. The summed E-state index contributed by atoms with van der Waals surface area (Å²) in [6.45, 7) is 5.91. The van der Waals surface area contributed by atoms with E-state index in [4.69, 9.17) is 9.15 Å². The van der Waals surface area contributed by atoms with Gasteiger partial charge in [-0.25, -0.2) is 13.2 Å². The Hall–Kier alpha value is -2.17.